The zero-order valence-corrected chi connectivity index (χ0v) is 13.1. The molecular weight excluding hydrogens is 353 g/mol. The van der Waals surface area contributed by atoms with E-state index in [4.69, 9.17) is 0 Å². The Labute approximate surface area is 124 Å². The summed E-state index contributed by atoms with van der Waals surface area (Å²) in [6.07, 6.45) is 0.421. The Morgan fingerprint density at radius 3 is 2.80 bits per heavy atom. The van der Waals surface area contributed by atoms with E-state index < -0.39 is 27.7 Å². The molecule has 0 aliphatic carbocycles. The molecule has 0 amide bonds. The third-order valence-electron chi connectivity index (χ3n) is 3.20. The van der Waals surface area contributed by atoms with E-state index in [2.05, 4.69) is 20.7 Å². The van der Waals surface area contributed by atoms with Gasteiger partial charge in [0, 0.05) is 17.6 Å². The van der Waals surface area contributed by atoms with Gasteiger partial charge in [0.25, 0.3) is 0 Å². The fraction of sp³-hybridized carbons (Fsp3) is 0.417. The van der Waals surface area contributed by atoms with Crippen LogP contribution in [0.1, 0.15) is 6.42 Å². The number of hydrogen-bond acceptors (Lipinski definition) is 4. The molecule has 0 saturated carbocycles. The highest BCUT2D eigenvalue weighted by Gasteiger charge is 2.37. The molecule has 8 heteroatoms. The van der Waals surface area contributed by atoms with Crippen LogP contribution in [0.4, 0.5) is 4.39 Å². The van der Waals surface area contributed by atoms with Gasteiger partial charge in [-0.1, -0.05) is 0 Å². The first-order valence-corrected chi connectivity index (χ1v) is 8.12. The third-order valence-corrected chi connectivity index (χ3v) is 6.04. The lowest BCUT2D eigenvalue weighted by atomic mass is 10.1. The molecule has 0 N–H and O–H groups in total. The molecule has 1 aromatic rings. The summed E-state index contributed by atoms with van der Waals surface area (Å²) >= 11 is 3.05. The topological polar surface area (TPSA) is 63.7 Å². The molecule has 0 radical (unpaired) electrons. The van der Waals surface area contributed by atoms with Crippen LogP contribution < -0.4 is 0 Å². The molecule has 1 atom stereocenters. The molecule has 1 aromatic carbocycles. The summed E-state index contributed by atoms with van der Waals surface area (Å²) in [6.45, 7) is 0.324. The normalized spacial score (nSPS) is 20.1. The Balaban J connectivity index is 2.26. The zero-order chi connectivity index (χ0) is 14.9. The van der Waals surface area contributed by atoms with Crippen LogP contribution in [0.25, 0.3) is 0 Å². The van der Waals surface area contributed by atoms with E-state index in [0.29, 0.717) is 6.42 Å². The molecule has 0 bridgehead atoms. The number of nitrogens with zero attached hydrogens (tertiary/aromatic N) is 1. The molecular formula is C12H13BrFNO4S. The van der Waals surface area contributed by atoms with E-state index in [-0.39, 0.29) is 22.5 Å². The molecule has 1 saturated heterocycles. The Bertz CT molecular complexity index is 634. The van der Waals surface area contributed by atoms with Gasteiger partial charge >= 0.3 is 5.97 Å². The number of ether oxygens (including phenoxy) is 1. The predicted molar refractivity (Wildman–Crippen MR) is 73.0 cm³/mol. The number of carbonyl (C=O) groups is 1. The summed E-state index contributed by atoms with van der Waals surface area (Å²) in [7, 11) is -2.47. The van der Waals surface area contributed by atoms with Crippen LogP contribution in [0, 0.1) is 11.7 Å². The van der Waals surface area contributed by atoms with Crippen molar-refractivity contribution in [2.24, 2.45) is 5.92 Å². The summed E-state index contributed by atoms with van der Waals surface area (Å²) in [4.78, 5) is 11.4. The molecule has 1 fully saturated rings. The second-order valence-electron chi connectivity index (χ2n) is 4.45. The van der Waals surface area contributed by atoms with Gasteiger partial charge in [0.2, 0.25) is 10.0 Å². The van der Waals surface area contributed by atoms with Crippen molar-refractivity contribution in [3.63, 3.8) is 0 Å². The van der Waals surface area contributed by atoms with Crippen molar-refractivity contribution in [1.82, 2.24) is 4.31 Å². The zero-order valence-electron chi connectivity index (χ0n) is 10.7. The summed E-state index contributed by atoms with van der Waals surface area (Å²) in [6, 6.07) is 3.40. The van der Waals surface area contributed by atoms with E-state index in [1.54, 1.807) is 0 Å². The van der Waals surface area contributed by atoms with E-state index in [9.17, 15) is 17.6 Å². The molecule has 20 heavy (non-hydrogen) atoms. The van der Waals surface area contributed by atoms with Crippen LogP contribution in [0.2, 0.25) is 0 Å². The Kier molecular flexibility index (Phi) is 4.46. The van der Waals surface area contributed by atoms with E-state index in [1.807, 2.05) is 0 Å². The fourth-order valence-corrected chi connectivity index (χ4v) is 4.64. The van der Waals surface area contributed by atoms with Crippen LogP contribution >= 0.6 is 15.9 Å². The molecule has 0 spiro atoms. The Hall–Kier alpha value is -0.990. The van der Waals surface area contributed by atoms with Gasteiger partial charge in [-0.15, -0.1) is 0 Å². The number of esters is 1. The monoisotopic (exact) mass is 365 g/mol. The first-order chi connectivity index (χ1) is 9.36. The van der Waals surface area contributed by atoms with Crippen molar-refractivity contribution >= 4 is 31.9 Å². The molecule has 5 nitrogen and oxygen atoms in total. The van der Waals surface area contributed by atoms with E-state index in [1.165, 1.54) is 17.5 Å². The SMILES string of the molecule is COC(=O)C1CCN(S(=O)(=O)c2ccc(F)cc2Br)C1. The van der Waals surface area contributed by atoms with Gasteiger partial charge in [0.1, 0.15) is 5.82 Å². The summed E-state index contributed by atoms with van der Waals surface area (Å²) in [5, 5.41) is 0. The molecule has 110 valence electrons. The molecule has 2 rings (SSSR count). The molecule has 0 aromatic heterocycles. The van der Waals surface area contributed by atoms with Crippen LogP contribution in [-0.4, -0.2) is 38.9 Å². The van der Waals surface area contributed by atoms with Gasteiger partial charge in [-0.2, -0.15) is 4.31 Å². The average molecular weight is 366 g/mol. The van der Waals surface area contributed by atoms with Gasteiger partial charge in [0.15, 0.2) is 0 Å². The lowest BCUT2D eigenvalue weighted by Crippen LogP contribution is -2.30. The minimum Gasteiger partial charge on any atom is -0.469 e. The predicted octanol–water partition coefficient (Wildman–Crippen LogP) is 1.77. The lowest BCUT2D eigenvalue weighted by molar-refractivity contribution is -0.144. The highest BCUT2D eigenvalue weighted by molar-refractivity contribution is 9.10. The quantitative estimate of drug-likeness (QED) is 0.765. The number of rotatable bonds is 3. The number of halogens is 2. The lowest BCUT2D eigenvalue weighted by Gasteiger charge is -2.17. The van der Waals surface area contributed by atoms with E-state index in [0.717, 1.165) is 12.1 Å². The largest absolute Gasteiger partial charge is 0.469 e. The van der Waals surface area contributed by atoms with Gasteiger partial charge in [-0.25, -0.2) is 12.8 Å². The van der Waals surface area contributed by atoms with Crippen molar-refractivity contribution in [3.8, 4) is 0 Å². The van der Waals surface area contributed by atoms with Crippen molar-refractivity contribution in [1.29, 1.82) is 0 Å². The van der Waals surface area contributed by atoms with Crippen molar-refractivity contribution in [2.45, 2.75) is 11.3 Å². The van der Waals surface area contributed by atoms with Crippen LogP contribution in [0.5, 0.6) is 0 Å². The minimum atomic E-state index is -3.75. The first-order valence-electron chi connectivity index (χ1n) is 5.89. The maximum Gasteiger partial charge on any atom is 0.310 e. The molecule has 1 unspecified atom stereocenters. The summed E-state index contributed by atoms with van der Waals surface area (Å²) in [5.41, 5.74) is 0. The Morgan fingerprint density at radius 2 is 2.20 bits per heavy atom. The van der Waals surface area contributed by atoms with Crippen molar-refractivity contribution in [2.75, 3.05) is 20.2 Å². The molecule has 1 heterocycles. The van der Waals surface area contributed by atoms with Crippen molar-refractivity contribution in [3.05, 3.63) is 28.5 Å². The van der Waals surface area contributed by atoms with Gasteiger partial charge in [-0.3, -0.25) is 4.79 Å². The Morgan fingerprint density at radius 1 is 1.50 bits per heavy atom. The number of carbonyl (C=O) groups excluding carboxylic acids is 1. The molecule has 1 aliphatic rings. The standard InChI is InChI=1S/C12H13BrFNO4S/c1-19-12(16)8-4-5-15(7-8)20(17,18)11-3-2-9(14)6-10(11)13/h2-3,6,8H,4-5,7H2,1H3. The van der Waals surface area contributed by atoms with Gasteiger partial charge < -0.3 is 4.74 Å². The van der Waals surface area contributed by atoms with Crippen LogP contribution in [0.15, 0.2) is 27.6 Å². The first kappa shape index (κ1) is 15.4. The number of hydrogen-bond donors (Lipinski definition) is 0. The number of methoxy groups -OCH3 is 1. The van der Waals surface area contributed by atoms with Crippen LogP contribution in [-0.2, 0) is 19.6 Å². The minimum absolute atomic E-state index is 0.00980. The van der Waals surface area contributed by atoms with Gasteiger partial charge in [0.05, 0.1) is 17.9 Å². The maximum atomic E-state index is 13.0. The fourth-order valence-electron chi connectivity index (χ4n) is 2.13. The molecule has 1 aliphatic heterocycles. The van der Waals surface area contributed by atoms with Crippen molar-refractivity contribution < 1.29 is 22.3 Å². The smallest absolute Gasteiger partial charge is 0.310 e. The highest BCUT2D eigenvalue weighted by Crippen LogP contribution is 2.29. The average Bonchev–Trinajstić information content (AvgIpc) is 2.87. The number of sulfonamides is 1. The maximum absolute atomic E-state index is 13.0. The van der Waals surface area contributed by atoms with Gasteiger partial charge in [-0.05, 0) is 40.5 Å². The number of benzene rings is 1. The second-order valence-corrected chi connectivity index (χ2v) is 7.21. The second kappa shape index (κ2) is 5.79. The van der Waals surface area contributed by atoms with Crippen LogP contribution in [0.3, 0.4) is 0 Å². The third kappa shape index (κ3) is 2.87. The highest BCUT2D eigenvalue weighted by atomic mass is 79.9. The van der Waals surface area contributed by atoms with E-state index >= 15 is 0 Å². The summed E-state index contributed by atoms with van der Waals surface area (Å²) < 4.78 is 43.9. The summed E-state index contributed by atoms with van der Waals surface area (Å²) in [5.74, 6) is -1.39.